The first-order chi connectivity index (χ1) is 7.63. The molecular weight excluding hydrogens is 226 g/mol. The first-order valence-corrected chi connectivity index (χ1v) is 5.71. The quantitative estimate of drug-likeness (QED) is 0.809. The molecule has 0 aliphatic rings. The largest absolute Gasteiger partial charge is 0.493 e. The summed E-state index contributed by atoms with van der Waals surface area (Å²) >= 11 is 5.69. The van der Waals surface area contributed by atoms with Crippen molar-refractivity contribution in [2.75, 3.05) is 20.1 Å². The molecule has 0 aliphatic carbocycles. The van der Waals surface area contributed by atoms with Crippen LogP contribution in [0, 0.1) is 6.92 Å². The normalized spacial score (nSPS) is 12.3. The van der Waals surface area contributed by atoms with E-state index in [9.17, 15) is 0 Å². The van der Waals surface area contributed by atoms with E-state index in [4.69, 9.17) is 26.8 Å². The van der Waals surface area contributed by atoms with Crippen LogP contribution in [0.25, 0.3) is 0 Å². The standard InChI is InChI=1S/C12H18ClNO2/c1-8-6-11(15-2)12(16-3)7-9(8)10(14)4-5-13/h6-7,10H,4-5,14H2,1-3H3. The third kappa shape index (κ3) is 2.80. The number of benzene rings is 1. The molecule has 0 aromatic heterocycles. The molecule has 1 unspecified atom stereocenters. The van der Waals surface area contributed by atoms with Gasteiger partial charge in [0.25, 0.3) is 0 Å². The van der Waals surface area contributed by atoms with Crippen molar-refractivity contribution in [3.8, 4) is 11.5 Å². The van der Waals surface area contributed by atoms with Crippen LogP contribution in [0.1, 0.15) is 23.6 Å². The highest BCUT2D eigenvalue weighted by Crippen LogP contribution is 2.33. The predicted molar refractivity (Wildman–Crippen MR) is 66.5 cm³/mol. The molecule has 0 bridgehead atoms. The van der Waals surface area contributed by atoms with E-state index >= 15 is 0 Å². The van der Waals surface area contributed by atoms with Crippen LogP contribution in [0.2, 0.25) is 0 Å². The van der Waals surface area contributed by atoms with Gasteiger partial charge >= 0.3 is 0 Å². The van der Waals surface area contributed by atoms with Gasteiger partial charge in [-0.15, -0.1) is 11.6 Å². The molecule has 1 aromatic carbocycles. The monoisotopic (exact) mass is 243 g/mol. The van der Waals surface area contributed by atoms with Gasteiger partial charge in [0.05, 0.1) is 14.2 Å². The molecule has 0 spiro atoms. The maximum atomic E-state index is 6.04. The Morgan fingerprint density at radius 1 is 1.25 bits per heavy atom. The van der Waals surface area contributed by atoms with E-state index in [1.807, 2.05) is 19.1 Å². The summed E-state index contributed by atoms with van der Waals surface area (Å²) in [4.78, 5) is 0. The van der Waals surface area contributed by atoms with Crippen LogP contribution in [0.5, 0.6) is 11.5 Å². The summed E-state index contributed by atoms with van der Waals surface area (Å²) in [6.07, 6.45) is 0.748. The maximum Gasteiger partial charge on any atom is 0.161 e. The highest BCUT2D eigenvalue weighted by Gasteiger charge is 2.13. The summed E-state index contributed by atoms with van der Waals surface area (Å²) in [7, 11) is 3.24. The minimum atomic E-state index is -0.0580. The smallest absolute Gasteiger partial charge is 0.161 e. The number of hydrogen-bond donors (Lipinski definition) is 1. The summed E-state index contributed by atoms with van der Waals surface area (Å²) in [6.45, 7) is 2.01. The summed E-state index contributed by atoms with van der Waals surface area (Å²) in [6, 6.07) is 3.80. The number of hydrogen-bond acceptors (Lipinski definition) is 3. The van der Waals surface area contributed by atoms with Crippen LogP contribution in [-0.2, 0) is 0 Å². The number of methoxy groups -OCH3 is 2. The average Bonchev–Trinajstić information content (AvgIpc) is 2.28. The Bertz CT molecular complexity index is 355. The Morgan fingerprint density at radius 2 is 1.81 bits per heavy atom. The number of aryl methyl sites for hydroxylation is 1. The minimum absolute atomic E-state index is 0.0580. The molecule has 1 rings (SSSR count). The van der Waals surface area contributed by atoms with Gasteiger partial charge in [-0.2, -0.15) is 0 Å². The highest BCUT2D eigenvalue weighted by atomic mass is 35.5. The van der Waals surface area contributed by atoms with E-state index in [-0.39, 0.29) is 6.04 Å². The first-order valence-electron chi connectivity index (χ1n) is 5.18. The third-order valence-corrected chi connectivity index (χ3v) is 2.81. The highest BCUT2D eigenvalue weighted by molar-refractivity contribution is 6.17. The van der Waals surface area contributed by atoms with Crippen molar-refractivity contribution in [3.63, 3.8) is 0 Å². The Balaban J connectivity index is 3.10. The lowest BCUT2D eigenvalue weighted by molar-refractivity contribution is 0.354. The van der Waals surface area contributed by atoms with Gasteiger partial charge < -0.3 is 15.2 Å². The van der Waals surface area contributed by atoms with Crippen molar-refractivity contribution in [1.82, 2.24) is 0 Å². The lowest BCUT2D eigenvalue weighted by atomic mass is 9.99. The third-order valence-electron chi connectivity index (χ3n) is 2.59. The second-order valence-corrected chi connectivity index (χ2v) is 4.03. The van der Waals surface area contributed by atoms with E-state index in [0.717, 1.165) is 23.3 Å². The van der Waals surface area contributed by atoms with E-state index in [2.05, 4.69) is 0 Å². The molecule has 4 heteroatoms. The van der Waals surface area contributed by atoms with Crippen molar-refractivity contribution in [2.24, 2.45) is 5.73 Å². The van der Waals surface area contributed by atoms with Crippen LogP contribution < -0.4 is 15.2 Å². The molecule has 0 fully saturated rings. The molecular formula is C12H18ClNO2. The Labute approximate surface area is 101 Å². The average molecular weight is 244 g/mol. The molecule has 90 valence electrons. The van der Waals surface area contributed by atoms with Gasteiger partial charge in [0.15, 0.2) is 11.5 Å². The van der Waals surface area contributed by atoms with Gasteiger partial charge in [-0.05, 0) is 36.6 Å². The number of ether oxygens (including phenoxy) is 2. The zero-order chi connectivity index (χ0) is 12.1. The molecule has 0 heterocycles. The summed E-state index contributed by atoms with van der Waals surface area (Å²) in [5, 5.41) is 0. The fraction of sp³-hybridized carbons (Fsp3) is 0.500. The first kappa shape index (κ1) is 13.1. The molecule has 1 atom stereocenters. The molecule has 2 N–H and O–H groups in total. The van der Waals surface area contributed by atoms with Gasteiger partial charge in [-0.1, -0.05) is 0 Å². The van der Waals surface area contributed by atoms with Crippen LogP contribution in [0.4, 0.5) is 0 Å². The lowest BCUT2D eigenvalue weighted by Crippen LogP contribution is -2.12. The molecule has 0 aliphatic heterocycles. The molecule has 0 amide bonds. The topological polar surface area (TPSA) is 44.5 Å². The van der Waals surface area contributed by atoms with Gasteiger partial charge in [0.1, 0.15) is 0 Å². The molecule has 3 nitrogen and oxygen atoms in total. The lowest BCUT2D eigenvalue weighted by Gasteiger charge is -2.17. The fourth-order valence-electron chi connectivity index (χ4n) is 1.67. The zero-order valence-corrected chi connectivity index (χ0v) is 10.7. The number of nitrogens with two attached hydrogens (primary N) is 1. The van der Waals surface area contributed by atoms with Gasteiger partial charge in [-0.3, -0.25) is 0 Å². The second kappa shape index (κ2) is 5.97. The second-order valence-electron chi connectivity index (χ2n) is 3.65. The molecule has 16 heavy (non-hydrogen) atoms. The minimum Gasteiger partial charge on any atom is -0.493 e. The van der Waals surface area contributed by atoms with Gasteiger partial charge in [-0.25, -0.2) is 0 Å². The van der Waals surface area contributed by atoms with Crippen LogP contribution in [-0.4, -0.2) is 20.1 Å². The van der Waals surface area contributed by atoms with E-state index < -0.39 is 0 Å². The van der Waals surface area contributed by atoms with E-state index in [1.165, 1.54) is 0 Å². The Hall–Kier alpha value is -0.930. The van der Waals surface area contributed by atoms with Crippen molar-refractivity contribution in [3.05, 3.63) is 23.3 Å². The van der Waals surface area contributed by atoms with E-state index in [0.29, 0.717) is 11.6 Å². The molecule has 0 saturated heterocycles. The van der Waals surface area contributed by atoms with E-state index in [1.54, 1.807) is 14.2 Å². The molecule has 0 saturated carbocycles. The fourth-order valence-corrected chi connectivity index (χ4v) is 1.90. The number of alkyl halides is 1. The van der Waals surface area contributed by atoms with Gasteiger partial charge in [0.2, 0.25) is 0 Å². The van der Waals surface area contributed by atoms with Crippen molar-refractivity contribution in [2.45, 2.75) is 19.4 Å². The van der Waals surface area contributed by atoms with Crippen molar-refractivity contribution < 1.29 is 9.47 Å². The van der Waals surface area contributed by atoms with Crippen molar-refractivity contribution in [1.29, 1.82) is 0 Å². The number of rotatable bonds is 5. The Kier molecular flexibility index (Phi) is 4.90. The van der Waals surface area contributed by atoms with Crippen LogP contribution in [0.3, 0.4) is 0 Å². The summed E-state index contributed by atoms with van der Waals surface area (Å²) in [5.41, 5.74) is 8.19. The zero-order valence-electron chi connectivity index (χ0n) is 9.92. The molecule has 0 radical (unpaired) electrons. The summed E-state index contributed by atoms with van der Waals surface area (Å²) in [5.74, 6) is 1.98. The molecule has 1 aromatic rings. The van der Waals surface area contributed by atoms with Crippen LogP contribution in [0.15, 0.2) is 12.1 Å². The Morgan fingerprint density at radius 3 is 2.31 bits per heavy atom. The van der Waals surface area contributed by atoms with Crippen molar-refractivity contribution >= 4 is 11.6 Å². The SMILES string of the molecule is COc1cc(C)c(C(N)CCCl)cc1OC. The summed E-state index contributed by atoms with van der Waals surface area (Å²) < 4.78 is 10.5. The maximum absolute atomic E-state index is 6.04. The van der Waals surface area contributed by atoms with Crippen LogP contribution >= 0.6 is 11.6 Å². The predicted octanol–water partition coefficient (Wildman–Crippen LogP) is 2.64. The number of halogens is 1. The van der Waals surface area contributed by atoms with Gasteiger partial charge in [0, 0.05) is 11.9 Å².